The first-order valence-corrected chi connectivity index (χ1v) is 8.17. The Bertz CT molecular complexity index is 779. The molecule has 0 bridgehead atoms. The number of nitrogens with zero attached hydrogens (tertiary/aromatic N) is 2. The standard InChI is InChI=1S/C20H23N3O/c1-22(2)13-17-16(14-8-6-5-7-9-14)12-18-15(20(17)24)10-11-19(21-18)23(3)4/h5-11,13,16H,12H2,1-4H3/p+1/b17-13-/t16-/m0/s1. The van der Waals surface area contributed by atoms with Crippen LogP contribution in [0.1, 0.15) is 27.5 Å². The second-order valence-corrected chi connectivity index (χ2v) is 6.67. The molecule has 0 aliphatic heterocycles. The topological polar surface area (TPSA) is 37.7 Å². The molecule has 1 aromatic heterocycles. The number of ketones is 1. The molecule has 0 saturated carbocycles. The lowest BCUT2D eigenvalue weighted by molar-refractivity contribution is -0.376. The van der Waals surface area contributed by atoms with Gasteiger partial charge in [0.25, 0.3) is 5.82 Å². The minimum Gasteiger partial charge on any atom is -0.383 e. The van der Waals surface area contributed by atoms with Crippen LogP contribution in [0.25, 0.3) is 0 Å². The van der Waals surface area contributed by atoms with E-state index < -0.39 is 0 Å². The summed E-state index contributed by atoms with van der Waals surface area (Å²) in [4.78, 5) is 20.5. The average Bonchev–Trinajstić information content (AvgIpc) is 2.57. The van der Waals surface area contributed by atoms with Crippen molar-refractivity contribution in [3.63, 3.8) is 0 Å². The van der Waals surface area contributed by atoms with E-state index in [2.05, 4.69) is 17.1 Å². The number of aromatic amines is 1. The van der Waals surface area contributed by atoms with Crippen molar-refractivity contribution in [2.45, 2.75) is 12.3 Å². The predicted molar refractivity (Wildman–Crippen MR) is 96.3 cm³/mol. The van der Waals surface area contributed by atoms with Crippen LogP contribution in [-0.4, -0.2) is 38.9 Å². The minimum absolute atomic E-state index is 0.0715. The highest BCUT2D eigenvalue weighted by Gasteiger charge is 2.34. The molecule has 1 aromatic carbocycles. The SMILES string of the molecule is CN(C)/C=C1\C(=O)c2ccc(N(C)C)[nH+]c2C[C@H]1c1ccccc1. The molecule has 1 heterocycles. The van der Waals surface area contributed by atoms with E-state index >= 15 is 0 Å². The normalized spacial score (nSPS) is 18.4. The summed E-state index contributed by atoms with van der Waals surface area (Å²) in [6, 6.07) is 14.2. The quantitative estimate of drug-likeness (QED) is 0.815. The predicted octanol–water partition coefficient (Wildman–Crippen LogP) is 2.53. The lowest BCUT2D eigenvalue weighted by atomic mass is 9.78. The van der Waals surface area contributed by atoms with Crippen LogP contribution in [0.5, 0.6) is 0 Å². The molecule has 1 aliphatic rings. The van der Waals surface area contributed by atoms with E-state index in [0.717, 1.165) is 29.1 Å². The van der Waals surface area contributed by atoms with Crippen molar-refractivity contribution in [1.29, 1.82) is 0 Å². The highest BCUT2D eigenvalue weighted by atomic mass is 16.1. The number of fused-ring (bicyclic) bond motifs is 1. The fourth-order valence-corrected chi connectivity index (χ4v) is 3.20. The van der Waals surface area contributed by atoms with Gasteiger partial charge in [-0.1, -0.05) is 30.3 Å². The maximum Gasteiger partial charge on any atom is 0.274 e. The van der Waals surface area contributed by atoms with Gasteiger partial charge in [0.1, 0.15) is 5.69 Å². The van der Waals surface area contributed by atoms with E-state index in [1.54, 1.807) is 0 Å². The molecule has 0 amide bonds. The molecule has 0 radical (unpaired) electrons. The molecule has 0 spiro atoms. The lowest BCUT2D eigenvalue weighted by Crippen LogP contribution is -2.32. The largest absolute Gasteiger partial charge is 0.383 e. The Hall–Kier alpha value is -2.62. The average molecular weight is 322 g/mol. The summed E-state index contributed by atoms with van der Waals surface area (Å²) >= 11 is 0. The number of carbonyl (C=O) groups excluding carboxylic acids is 1. The molecule has 24 heavy (non-hydrogen) atoms. The van der Waals surface area contributed by atoms with Crippen LogP contribution in [0.4, 0.5) is 5.82 Å². The van der Waals surface area contributed by atoms with Gasteiger partial charge in [-0.25, -0.2) is 4.98 Å². The monoisotopic (exact) mass is 322 g/mol. The molecule has 124 valence electrons. The van der Waals surface area contributed by atoms with E-state index in [4.69, 9.17) is 0 Å². The molecule has 3 rings (SSSR count). The Labute approximate surface area is 143 Å². The molecular formula is C20H24N3O+. The van der Waals surface area contributed by atoms with Gasteiger partial charge < -0.3 is 4.90 Å². The van der Waals surface area contributed by atoms with Crippen LogP contribution in [0.2, 0.25) is 0 Å². The lowest BCUT2D eigenvalue weighted by Gasteiger charge is -2.26. The Balaban J connectivity index is 2.12. The van der Waals surface area contributed by atoms with Crippen LogP contribution in [0.15, 0.2) is 54.2 Å². The summed E-state index contributed by atoms with van der Waals surface area (Å²) in [7, 11) is 7.90. The number of pyridine rings is 1. The van der Waals surface area contributed by atoms with E-state index in [0.29, 0.717) is 0 Å². The molecule has 1 aliphatic carbocycles. The second kappa shape index (κ2) is 6.48. The molecule has 0 unspecified atom stereocenters. The first-order valence-electron chi connectivity index (χ1n) is 8.17. The van der Waals surface area contributed by atoms with Gasteiger partial charge in [0.15, 0.2) is 5.78 Å². The van der Waals surface area contributed by atoms with Gasteiger partial charge in [-0.3, -0.25) is 9.69 Å². The number of H-pyrrole nitrogens is 1. The van der Waals surface area contributed by atoms with Gasteiger partial charge >= 0.3 is 0 Å². The molecule has 0 saturated heterocycles. The highest BCUT2D eigenvalue weighted by Crippen LogP contribution is 2.35. The number of carbonyl (C=O) groups is 1. The van der Waals surface area contributed by atoms with Crippen LogP contribution in [0, 0.1) is 0 Å². The summed E-state index contributed by atoms with van der Waals surface area (Å²) in [5.41, 5.74) is 3.81. The Morgan fingerprint density at radius 1 is 1.04 bits per heavy atom. The van der Waals surface area contributed by atoms with Crippen molar-refractivity contribution in [2.24, 2.45) is 0 Å². The first kappa shape index (κ1) is 16.2. The minimum atomic E-state index is 0.0715. The summed E-state index contributed by atoms with van der Waals surface area (Å²) in [5, 5.41) is 0. The van der Waals surface area contributed by atoms with Crippen molar-refractivity contribution < 1.29 is 9.78 Å². The number of Topliss-reactive ketones (excluding diaryl/α,β-unsaturated/α-hetero) is 1. The maximum atomic E-state index is 13.1. The first-order chi connectivity index (χ1) is 11.5. The molecule has 4 heteroatoms. The summed E-state index contributed by atoms with van der Waals surface area (Å²) in [6.45, 7) is 0. The second-order valence-electron chi connectivity index (χ2n) is 6.67. The van der Waals surface area contributed by atoms with E-state index in [-0.39, 0.29) is 11.7 Å². The fraction of sp³-hybridized carbons (Fsp3) is 0.300. The third-order valence-electron chi connectivity index (χ3n) is 4.38. The molecular weight excluding hydrogens is 298 g/mol. The number of allylic oxidation sites excluding steroid dienone is 1. The van der Waals surface area contributed by atoms with E-state index in [1.807, 2.05) is 74.5 Å². The van der Waals surface area contributed by atoms with Crippen molar-refractivity contribution in [3.8, 4) is 0 Å². The molecule has 4 nitrogen and oxygen atoms in total. The Morgan fingerprint density at radius 2 is 1.75 bits per heavy atom. The van der Waals surface area contributed by atoms with Gasteiger partial charge in [0.2, 0.25) is 0 Å². The summed E-state index contributed by atoms with van der Waals surface area (Å²) in [5.74, 6) is 1.19. The van der Waals surface area contributed by atoms with Crippen molar-refractivity contribution >= 4 is 11.6 Å². The number of rotatable bonds is 3. The third-order valence-corrected chi connectivity index (χ3v) is 4.38. The van der Waals surface area contributed by atoms with Gasteiger partial charge in [0.05, 0.1) is 19.7 Å². The maximum absolute atomic E-state index is 13.1. The highest BCUT2D eigenvalue weighted by molar-refractivity contribution is 6.11. The zero-order valence-corrected chi connectivity index (χ0v) is 14.7. The van der Waals surface area contributed by atoms with Crippen LogP contribution in [0.3, 0.4) is 0 Å². The Kier molecular flexibility index (Phi) is 4.38. The van der Waals surface area contributed by atoms with Crippen molar-refractivity contribution in [2.75, 3.05) is 33.1 Å². The third kappa shape index (κ3) is 3.04. The van der Waals surface area contributed by atoms with Gasteiger partial charge in [-0.2, -0.15) is 0 Å². The smallest absolute Gasteiger partial charge is 0.274 e. The summed E-state index contributed by atoms with van der Waals surface area (Å²) < 4.78 is 0. The van der Waals surface area contributed by atoms with Crippen molar-refractivity contribution in [1.82, 2.24) is 4.90 Å². The van der Waals surface area contributed by atoms with E-state index in [9.17, 15) is 4.79 Å². The van der Waals surface area contributed by atoms with Gasteiger partial charge in [-0.05, 0) is 11.6 Å². The Morgan fingerprint density at radius 3 is 2.38 bits per heavy atom. The number of hydrogen-bond acceptors (Lipinski definition) is 3. The molecule has 2 aromatic rings. The number of nitrogens with one attached hydrogen (secondary N) is 1. The zero-order chi connectivity index (χ0) is 17.3. The number of hydrogen-bond donors (Lipinski definition) is 0. The number of anilines is 1. The number of benzene rings is 1. The molecule has 1 atom stereocenters. The van der Waals surface area contributed by atoms with Gasteiger partial charge in [0, 0.05) is 44.3 Å². The van der Waals surface area contributed by atoms with Gasteiger partial charge in [-0.15, -0.1) is 0 Å². The van der Waals surface area contributed by atoms with Crippen molar-refractivity contribution in [3.05, 3.63) is 71.1 Å². The van der Waals surface area contributed by atoms with Crippen LogP contribution in [-0.2, 0) is 6.42 Å². The van der Waals surface area contributed by atoms with Crippen LogP contribution >= 0.6 is 0 Å². The van der Waals surface area contributed by atoms with E-state index in [1.165, 1.54) is 5.56 Å². The molecule has 1 N–H and O–H groups in total. The zero-order valence-electron chi connectivity index (χ0n) is 14.7. The van der Waals surface area contributed by atoms with Crippen LogP contribution < -0.4 is 9.88 Å². The summed E-state index contributed by atoms with van der Waals surface area (Å²) in [6.07, 6.45) is 2.76. The number of aromatic nitrogens is 1. The molecule has 0 fully saturated rings. The fourth-order valence-electron chi connectivity index (χ4n) is 3.20.